The molecule has 130 valence electrons. The Bertz CT molecular complexity index is 774. The zero-order valence-corrected chi connectivity index (χ0v) is 14.5. The molecule has 0 spiro atoms. The Balaban J connectivity index is 1.55. The number of ether oxygens (including phenoxy) is 1. The topological polar surface area (TPSA) is 58.6 Å². The van der Waals surface area contributed by atoms with Crippen LogP contribution >= 0.6 is 0 Å². The lowest BCUT2D eigenvalue weighted by atomic mass is 10.1. The van der Waals surface area contributed by atoms with Gasteiger partial charge >= 0.3 is 0 Å². The second-order valence-electron chi connectivity index (χ2n) is 6.34. The Kier molecular flexibility index (Phi) is 5.03. The summed E-state index contributed by atoms with van der Waals surface area (Å²) in [6.45, 7) is 4.50. The van der Waals surface area contributed by atoms with Gasteiger partial charge in [0.05, 0.1) is 6.04 Å². The molecule has 1 aliphatic rings. The van der Waals surface area contributed by atoms with Crippen molar-refractivity contribution in [1.82, 2.24) is 5.32 Å². The van der Waals surface area contributed by atoms with Crippen LogP contribution in [-0.4, -0.2) is 31.0 Å². The molecule has 25 heavy (non-hydrogen) atoms. The Hall–Kier alpha value is -2.82. The molecule has 1 heterocycles. The van der Waals surface area contributed by atoms with Crippen LogP contribution in [0.15, 0.2) is 48.5 Å². The van der Waals surface area contributed by atoms with Crippen LogP contribution in [0.2, 0.25) is 0 Å². The van der Waals surface area contributed by atoms with Crippen molar-refractivity contribution >= 4 is 17.5 Å². The minimum absolute atomic E-state index is 0.0255. The van der Waals surface area contributed by atoms with E-state index in [4.69, 9.17) is 4.74 Å². The molecule has 2 aromatic carbocycles. The largest absolute Gasteiger partial charge is 0.484 e. The van der Waals surface area contributed by atoms with Gasteiger partial charge in [0.2, 0.25) is 5.91 Å². The van der Waals surface area contributed by atoms with Crippen molar-refractivity contribution in [3.05, 3.63) is 59.7 Å². The number of hydrogen-bond donors (Lipinski definition) is 1. The van der Waals surface area contributed by atoms with Crippen molar-refractivity contribution in [2.45, 2.75) is 26.3 Å². The highest BCUT2D eigenvalue weighted by atomic mass is 16.5. The molecule has 1 atom stereocenters. The maximum absolute atomic E-state index is 12.3. The first kappa shape index (κ1) is 17.0. The zero-order chi connectivity index (χ0) is 17.8. The number of anilines is 1. The van der Waals surface area contributed by atoms with Crippen molar-refractivity contribution in [2.75, 3.05) is 18.1 Å². The summed E-state index contributed by atoms with van der Waals surface area (Å²) >= 11 is 0. The van der Waals surface area contributed by atoms with Crippen molar-refractivity contribution in [3.63, 3.8) is 0 Å². The number of carbonyl (C=O) groups is 2. The molecule has 0 radical (unpaired) electrons. The van der Waals surface area contributed by atoms with E-state index in [0.717, 1.165) is 11.3 Å². The van der Waals surface area contributed by atoms with Gasteiger partial charge in [-0.15, -0.1) is 0 Å². The molecule has 2 amide bonds. The second kappa shape index (κ2) is 7.38. The number of nitrogens with one attached hydrogen (secondary N) is 1. The Labute approximate surface area is 147 Å². The lowest BCUT2D eigenvalue weighted by molar-refractivity contribution is -0.123. The average Bonchev–Trinajstić information content (AvgIpc) is 2.96. The van der Waals surface area contributed by atoms with Gasteiger partial charge in [0.15, 0.2) is 6.61 Å². The van der Waals surface area contributed by atoms with E-state index in [-0.39, 0.29) is 24.5 Å². The molecule has 5 heteroatoms. The molecule has 1 aliphatic heterocycles. The summed E-state index contributed by atoms with van der Waals surface area (Å²) in [6, 6.07) is 15.0. The average molecular weight is 338 g/mol. The summed E-state index contributed by atoms with van der Waals surface area (Å²) in [5.41, 5.74) is 3.22. The predicted octanol–water partition coefficient (Wildman–Crippen LogP) is 2.60. The van der Waals surface area contributed by atoms with Crippen molar-refractivity contribution in [1.29, 1.82) is 0 Å². The number of amides is 2. The van der Waals surface area contributed by atoms with Gasteiger partial charge in [-0.05, 0) is 49.2 Å². The SMILES string of the molecule is Cc1ccc(N2C[C@@H](NC(=O)COc3ccccc3)CC2=O)cc1C. The monoisotopic (exact) mass is 338 g/mol. The molecule has 1 N–H and O–H groups in total. The van der Waals surface area contributed by atoms with Crippen molar-refractivity contribution in [3.8, 4) is 5.75 Å². The van der Waals surface area contributed by atoms with Gasteiger partial charge in [0, 0.05) is 18.7 Å². The van der Waals surface area contributed by atoms with E-state index >= 15 is 0 Å². The summed E-state index contributed by atoms with van der Waals surface area (Å²) in [5.74, 6) is 0.457. The summed E-state index contributed by atoms with van der Waals surface area (Å²) < 4.78 is 5.43. The lowest BCUT2D eigenvalue weighted by Gasteiger charge is -2.18. The van der Waals surface area contributed by atoms with E-state index in [9.17, 15) is 9.59 Å². The number of rotatable bonds is 5. The smallest absolute Gasteiger partial charge is 0.258 e. The minimum atomic E-state index is -0.219. The van der Waals surface area contributed by atoms with Crippen LogP contribution in [0.5, 0.6) is 5.75 Å². The van der Waals surface area contributed by atoms with Crippen LogP contribution in [0.1, 0.15) is 17.5 Å². The maximum atomic E-state index is 12.3. The Morgan fingerprint density at radius 1 is 1.16 bits per heavy atom. The number of carbonyl (C=O) groups excluding carboxylic acids is 2. The molecule has 0 saturated carbocycles. The van der Waals surface area contributed by atoms with Gasteiger partial charge in [-0.25, -0.2) is 0 Å². The molecule has 0 aliphatic carbocycles. The predicted molar refractivity (Wildman–Crippen MR) is 96.8 cm³/mol. The first-order valence-electron chi connectivity index (χ1n) is 8.38. The third-order valence-corrected chi connectivity index (χ3v) is 4.41. The number of benzene rings is 2. The van der Waals surface area contributed by atoms with Gasteiger partial charge in [-0.2, -0.15) is 0 Å². The molecule has 3 rings (SSSR count). The van der Waals surface area contributed by atoms with Gasteiger partial charge in [-0.3, -0.25) is 9.59 Å². The van der Waals surface area contributed by atoms with Gasteiger partial charge in [0.25, 0.3) is 5.91 Å². The second-order valence-corrected chi connectivity index (χ2v) is 6.34. The van der Waals surface area contributed by atoms with Gasteiger partial charge in [0.1, 0.15) is 5.75 Å². The fourth-order valence-electron chi connectivity index (χ4n) is 2.88. The molecular weight excluding hydrogens is 316 g/mol. The fraction of sp³-hybridized carbons (Fsp3) is 0.300. The van der Waals surface area contributed by atoms with Crippen LogP contribution < -0.4 is 15.0 Å². The quantitative estimate of drug-likeness (QED) is 0.912. The van der Waals surface area contributed by atoms with E-state index in [2.05, 4.69) is 5.32 Å². The van der Waals surface area contributed by atoms with Crippen LogP contribution in [-0.2, 0) is 9.59 Å². The summed E-state index contributed by atoms with van der Waals surface area (Å²) in [7, 11) is 0. The van der Waals surface area contributed by atoms with Crippen molar-refractivity contribution in [2.24, 2.45) is 0 Å². The molecular formula is C20H22N2O3. The molecule has 5 nitrogen and oxygen atoms in total. The zero-order valence-electron chi connectivity index (χ0n) is 14.5. The van der Waals surface area contributed by atoms with E-state index in [0.29, 0.717) is 18.7 Å². The number of nitrogens with zero attached hydrogens (tertiary/aromatic N) is 1. The van der Waals surface area contributed by atoms with Gasteiger partial charge < -0.3 is 15.0 Å². The maximum Gasteiger partial charge on any atom is 0.258 e. The highest BCUT2D eigenvalue weighted by Gasteiger charge is 2.31. The highest BCUT2D eigenvalue weighted by Crippen LogP contribution is 2.24. The third-order valence-electron chi connectivity index (χ3n) is 4.41. The molecule has 1 fully saturated rings. The normalized spacial score (nSPS) is 16.8. The number of para-hydroxylation sites is 1. The van der Waals surface area contributed by atoms with E-state index < -0.39 is 0 Å². The fourth-order valence-corrected chi connectivity index (χ4v) is 2.88. The summed E-state index contributed by atoms with van der Waals surface area (Å²) in [5, 5.41) is 2.88. The molecule has 2 aromatic rings. The van der Waals surface area contributed by atoms with Gasteiger partial charge in [-0.1, -0.05) is 24.3 Å². The van der Waals surface area contributed by atoms with Crippen LogP contribution in [0.25, 0.3) is 0 Å². The van der Waals surface area contributed by atoms with E-state index in [1.165, 1.54) is 5.56 Å². The molecule has 1 saturated heterocycles. The summed E-state index contributed by atoms with van der Waals surface area (Å²) in [6.07, 6.45) is 0.310. The van der Waals surface area contributed by atoms with E-state index in [1.54, 1.807) is 17.0 Å². The molecule has 0 bridgehead atoms. The van der Waals surface area contributed by atoms with Crippen LogP contribution in [0, 0.1) is 13.8 Å². The lowest BCUT2D eigenvalue weighted by Crippen LogP contribution is -2.39. The highest BCUT2D eigenvalue weighted by molar-refractivity contribution is 5.97. The Morgan fingerprint density at radius 2 is 1.92 bits per heavy atom. The van der Waals surface area contributed by atoms with Crippen LogP contribution in [0.4, 0.5) is 5.69 Å². The Morgan fingerprint density at radius 3 is 2.64 bits per heavy atom. The number of aryl methyl sites for hydroxylation is 2. The third kappa shape index (κ3) is 4.18. The molecule has 0 unspecified atom stereocenters. The minimum Gasteiger partial charge on any atom is -0.484 e. The summed E-state index contributed by atoms with van der Waals surface area (Å²) in [4.78, 5) is 26.1. The van der Waals surface area contributed by atoms with Crippen LogP contribution in [0.3, 0.4) is 0 Å². The first-order chi connectivity index (χ1) is 12.0. The standard InChI is InChI=1S/C20H22N2O3/c1-14-8-9-17(10-15(14)2)22-12-16(11-20(22)24)21-19(23)13-25-18-6-4-3-5-7-18/h3-10,16H,11-13H2,1-2H3,(H,21,23)/t16-/m0/s1. The van der Waals surface area contributed by atoms with Crippen molar-refractivity contribution < 1.29 is 14.3 Å². The first-order valence-corrected chi connectivity index (χ1v) is 8.38. The molecule has 0 aromatic heterocycles. The number of hydrogen-bond acceptors (Lipinski definition) is 3. The van der Waals surface area contributed by atoms with E-state index in [1.807, 2.05) is 50.2 Å².